The van der Waals surface area contributed by atoms with Gasteiger partial charge in [-0.1, -0.05) is 0 Å². The summed E-state index contributed by atoms with van der Waals surface area (Å²) in [6, 6.07) is 9.15. The van der Waals surface area contributed by atoms with E-state index in [1.807, 2.05) is 0 Å². The number of benzene rings is 1. The molecule has 0 atom stereocenters. The third kappa shape index (κ3) is 4.48. The van der Waals surface area contributed by atoms with Gasteiger partial charge in [-0.2, -0.15) is 5.10 Å². The molecule has 12 nitrogen and oxygen atoms in total. The predicted octanol–water partition coefficient (Wildman–Crippen LogP) is 3.01. The minimum absolute atomic E-state index is 0.133. The molecule has 4 N–H and O–H groups in total. The summed E-state index contributed by atoms with van der Waals surface area (Å²) in [4.78, 5) is 47.5. The van der Waals surface area contributed by atoms with E-state index in [0.29, 0.717) is 28.4 Å². The Balaban J connectivity index is 1.43. The number of carbonyl (C=O) groups excluding carboxylic acids is 1. The van der Waals surface area contributed by atoms with Crippen LogP contribution in [0.15, 0.2) is 70.6 Å². The predicted molar refractivity (Wildman–Crippen MR) is 137 cm³/mol. The highest BCUT2D eigenvalue weighted by Crippen LogP contribution is 2.31. The molecule has 0 spiro atoms. The van der Waals surface area contributed by atoms with E-state index < -0.39 is 23.0 Å². The van der Waals surface area contributed by atoms with Crippen molar-refractivity contribution < 1.29 is 13.9 Å². The van der Waals surface area contributed by atoms with Gasteiger partial charge in [0.05, 0.1) is 11.9 Å². The molecule has 4 aromatic heterocycles. The van der Waals surface area contributed by atoms with Crippen LogP contribution in [0.3, 0.4) is 0 Å². The number of nitrogens with zero attached hydrogens (tertiary/aromatic N) is 5. The van der Waals surface area contributed by atoms with Crippen molar-refractivity contribution in [3.63, 3.8) is 0 Å². The number of fused-ring (bicyclic) bond motifs is 1. The van der Waals surface area contributed by atoms with Crippen LogP contribution in [-0.4, -0.2) is 35.2 Å². The van der Waals surface area contributed by atoms with Crippen molar-refractivity contribution in [2.45, 2.75) is 19.9 Å². The Morgan fingerprint density at radius 2 is 1.87 bits per heavy atom. The molecule has 5 rings (SSSR count). The number of nitrogens with one attached hydrogen (secondary N) is 2. The molecule has 0 aliphatic carbocycles. The van der Waals surface area contributed by atoms with Crippen molar-refractivity contribution in [2.24, 2.45) is 0 Å². The lowest BCUT2D eigenvalue weighted by atomic mass is 10.2. The quantitative estimate of drug-likeness (QED) is 0.310. The number of carbonyl (C=O) groups is 1. The van der Waals surface area contributed by atoms with E-state index in [2.05, 4.69) is 25.5 Å². The smallest absolute Gasteiger partial charge is 0.335 e. The number of rotatable bonds is 6. The summed E-state index contributed by atoms with van der Waals surface area (Å²) in [5.41, 5.74) is 4.63. The Hall–Kier alpha value is -5.33. The third-order valence-corrected chi connectivity index (χ3v) is 5.65. The molecular weight excluding hydrogens is 495 g/mol. The lowest BCUT2D eigenvalue weighted by Gasteiger charge is -2.15. The van der Waals surface area contributed by atoms with Gasteiger partial charge >= 0.3 is 5.69 Å². The molecule has 0 saturated heterocycles. The number of amides is 1. The number of anilines is 2. The molecule has 0 bridgehead atoms. The van der Waals surface area contributed by atoms with Crippen LogP contribution in [0, 0.1) is 5.82 Å². The van der Waals surface area contributed by atoms with Crippen LogP contribution in [0.5, 0.6) is 11.5 Å². The summed E-state index contributed by atoms with van der Waals surface area (Å²) in [6.07, 6.45) is 4.10. The van der Waals surface area contributed by atoms with Gasteiger partial charge in [0.15, 0.2) is 5.65 Å². The van der Waals surface area contributed by atoms with E-state index in [-0.39, 0.29) is 23.1 Å². The summed E-state index contributed by atoms with van der Waals surface area (Å²) in [7, 11) is 0. The normalized spacial score (nSPS) is 11.2. The average Bonchev–Trinajstić information content (AvgIpc) is 3.28. The van der Waals surface area contributed by atoms with E-state index in [0.717, 1.165) is 16.7 Å². The number of hydrogen-bond donors (Lipinski definition) is 3. The summed E-state index contributed by atoms with van der Waals surface area (Å²) < 4.78 is 21.3. The van der Waals surface area contributed by atoms with Crippen molar-refractivity contribution >= 4 is 28.6 Å². The van der Waals surface area contributed by atoms with Crippen LogP contribution in [0.2, 0.25) is 0 Å². The number of ether oxygens (including phenoxy) is 1. The first-order valence-corrected chi connectivity index (χ1v) is 11.4. The molecule has 5 aromatic rings. The number of nitrogen functional groups attached to an aromatic ring is 1. The number of pyridine rings is 2. The third-order valence-electron chi connectivity index (χ3n) is 5.65. The summed E-state index contributed by atoms with van der Waals surface area (Å²) in [5, 5.41) is 9.70. The first-order chi connectivity index (χ1) is 18.2. The van der Waals surface area contributed by atoms with Crippen LogP contribution >= 0.6 is 0 Å². The van der Waals surface area contributed by atoms with Crippen LogP contribution in [0.4, 0.5) is 16.0 Å². The first-order valence-electron chi connectivity index (χ1n) is 11.4. The fourth-order valence-corrected chi connectivity index (χ4v) is 3.77. The van der Waals surface area contributed by atoms with E-state index in [9.17, 15) is 18.8 Å². The van der Waals surface area contributed by atoms with Gasteiger partial charge in [0.25, 0.3) is 11.5 Å². The fourth-order valence-electron chi connectivity index (χ4n) is 3.77. The zero-order valence-electron chi connectivity index (χ0n) is 20.2. The maximum Gasteiger partial charge on any atom is 0.335 e. The van der Waals surface area contributed by atoms with Gasteiger partial charge < -0.3 is 15.8 Å². The van der Waals surface area contributed by atoms with E-state index in [4.69, 9.17) is 10.5 Å². The SMILES string of the molecule is CC(C)n1cc(C(=O)Nc2ccc(Oc3ccnc4n[nH]c(N)c34)cn2)c(=O)n(-c2ccc(F)cc2)c1=O. The van der Waals surface area contributed by atoms with Crippen molar-refractivity contribution in [1.82, 2.24) is 29.3 Å². The number of aromatic nitrogens is 6. The van der Waals surface area contributed by atoms with Crippen molar-refractivity contribution in [3.8, 4) is 17.2 Å². The topological polar surface area (TPSA) is 163 Å². The molecule has 0 saturated carbocycles. The molecule has 0 fully saturated rings. The van der Waals surface area contributed by atoms with Gasteiger partial charge in [0, 0.05) is 24.5 Å². The molecule has 0 unspecified atom stereocenters. The Bertz CT molecular complexity index is 1770. The van der Waals surface area contributed by atoms with E-state index in [1.54, 1.807) is 26.0 Å². The van der Waals surface area contributed by atoms with Gasteiger partial charge in [-0.15, -0.1) is 0 Å². The number of hydrogen-bond acceptors (Lipinski definition) is 8. The Labute approximate surface area is 213 Å². The van der Waals surface area contributed by atoms with E-state index >= 15 is 0 Å². The minimum Gasteiger partial charge on any atom is -0.455 e. The number of nitrogens with two attached hydrogens (primary N) is 1. The number of H-pyrrole nitrogens is 1. The molecule has 1 aromatic carbocycles. The van der Waals surface area contributed by atoms with Crippen LogP contribution in [0.25, 0.3) is 16.7 Å². The first kappa shape index (κ1) is 24.4. The number of aromatic amines is 1. The standard InChI is InChI=1S/C25H21FN8O4/c1-13(2)33-12-17(24(36)34(25(33)37)15-5-3-14(26)4-6-15)23(35)30-19-8-7-16(11-29-19)38-18-9-10-28-22-20(18)21(27)31-32-22/h3-13H,1-2H3,(H,29,30,35)(H3,27,28,31,32). The summed E-state index contributed by atoms with van der Waals surface area (Å²) in [6.45, 7) is 3.47. The Morgan fingerprint density at radius 3 is 2.55 bits per heavy atom. The van der Waals surface area contributed by atoms with Crippen molar-refractivity contribution in [1.29, 1.82) is 0 Å². The molecule has 4 heterocycles. The van der Waals surface area contributed by atoms with Gasteiger partial charge in [-0.05, 0) is 50.2 Å². The monoisotopic (exact) mass is 516 g/mol. The average molecular weight is 516 g/mol. The molecule has 13 heteroatoms. The van der Waals surface area contributed by atoms with Crippen LogP contribution < -0.4 is 27.0 Å². The maximum atomic E-state index is 13.4. The highest BCUT2D eigenvalue weighted by molar-refractivity contribution is 6.03. The molecule has 0 aliphatic heterocycles. The van der Waals surface area contributed by atoms with Crippen LogP contribution in [-0.2, 0) is 0 Å². The van der Waals surface area contributed by atoms with Crippen molar-refractivity contribution in [2.75, 3.05) is 11.1 Å². The lowest BCUT2D eigenvalue weighted by Crippen LogP contribution is -2.42. The van der Waals surface area contributed by atoms with E-state index in [1.165, 1.54) is 41.4 Å². The molecular formula is C25H21FN8O4. The second kappa shape index (κ2) is 9.61. The minimum atomic E-state index is -0.852. The van der Waals surface area contributed by atoms with Gasteiger partial charge in [-0.25, -0.2) is 23.7 Å². The summed E-state index contributed by atoms with van der Waals surface area (Å²) in [5.74, 6) is -0.0993. The van der Waals surface area contributed by atoms with Gasteiger partial charge in [0.1, 0.15) is 39.9 Å². The van der Waals surface area contributed by atoms with Gasteiger partial charge in [0.2, 0.25) is 0 Å². The highest BCUT2D eigenvalue weighted by atomic mass is 19.1. The van der Waals surface area contributed by atoms with Gasteiger partial charge in [-0.3, -0.25) is 19.3 Å². The zero-order chi connectivity index (χ0) is 27.0. The fraction of sp³-hybridized carbons (Fsp3) is 0.120. The Kier molecular flexibility index (Phi) is 6.16. The Morgan fingerprint density at radius 1 is 1.11 bits per heavy atom. The number of halogens is 1. The largest absolute Gasteiger partial charge is 0.455 e. The molecule has 1 amide bonds. The second-order valence-electron chi connectivity index (χ2n) is 8.52. The molecule has 38 heavy (non-hydrogen) atoms. The van der Waals surface area contributed by atoms with Crippen molar-refractivity contribution in [3.05, 3.63) is 93.3 Å². The lowest BCUT2D eigenvalue weighted by molar-refractivity contribution is 0.102. The maximum absolute atomic E-state index is 13.4. The highest BCUT2D eigenvalue weighted by Gasteiger charge is 2.20. The van der Waals surface area contributed by atoms with Crippen LogP contribution in [0.1, 0.15) is 30.2 Å². The molecule has 0 radical (unpaired) electrons. The second-order valence-corrected chi connectivity index (χ2v) is 8.52. The zero-order valence-corrected chi connectivity index (χ0v) is 20.2. The summed E-state index contributed by atoms with van der Waals surface area (Å²) >= 11 is 0. The molecule has 192 valence electrons. The molecule has 0 aliphatic rings.